The van der Waals surface area contributed by atoms with Crippen molar-refractivity contribution >= 4 is 33.0 Å². The highest BCUT2D eigenvalue weighted by atomic mass is 35.5. The zero-order valence-corrected chi connectivity index (χ0v) is 15.4. The smallest absolute Gasteiger partial charge is 0.207 e. The molecule has 0 radical (unpaired) electrons. The normalized spacial score (nSPS) is 20.3. The third kappa shape index (κ3) is 3.63. The number of sulfonamides is 1. The Labute approximate surface area is 147 Å². The third-order valence-corrected chi connectivity index (χ3v) is 7.49. The molecule has 1 atom stereocenters. The quantitative estimate of drug-likeness (QED) is 0.762. The molecule has 0 unspecified atom stereocenters. The van der Waals surface area contributed by atoms with Crippen LogP contribution >= 0.6 is 22.9 Å². The Morgan fingerprint density at radius 1 is 1.09 bits per heavy atom. The van der Waals surface area contributed by atoms with Crippen molar-refractivity contribution in [1.29, 1.82) is 0 Å². The zero-order chi connectivity index (χ0) is 16.4. The minimum absolute atomic E-state index is 0.0584. The Morgan fingerprint density at radius 2 is 1.83 bits per heavy atom. The first-order valence-corrected chi connectivity index (χ1v) is 10.5. The molecule has 3 rings (SSSR count). The number of hydrogen-bond donors (Lipinski definition) is 0. The summed E-state index contributed by atoms with van der Waals surface area (Å²) >= 11 is 7.59. The van der Waals surface area contributed by atoms with Crippen LogP contribution in [-0.2, 0) is 10.0 Å². The Balaban J connectivity index is 2.00. The molecule has 124 valence electrons. The molecule has 1 aliphatic heterocycles. The highest BCUT2D eigenvalue weighted by molar-refractivity contribution is 7.89. The summed E-state index contributed by atoms with van der Waals surface area (Å²) in [5, 5.41) is 0.547. The van der Waals surface area contributed by atoms with E-state index >= 15 is 0 Å². The maximum atomic E-state index is 13.1. The molecule has 0 amide bonds. The van der Waals surface area contributed by atoms with Crippen molar-refractivity contribution in [3.63, 3.8) is 0 Å². The minimum Gasteiger partial charge on any atom is -0.207 e. The lowest BCUT2D eigenvalue weighted by molar-refractivity contribution is 0.333. The van der Waals surface area contributed by atoms with Crippen molar-refractivity contribution in [2.24, 2.45) is 0 Å². The predicted octanol–water partition coefficient (Wildman–Crippen LogP) is 5.02. The number of hydrogen-bond acceptors (Lipinski definition) is 3. The van der Waals surface area contributed by atoms with Crippen LogP contribution < -0.4 is 0 Å². The van der Waals surface area contributed by atoms with Gasteiger partial charge in [0, 0.05) is 21.3 Å². The second-order valence-corrected chi connectivity index (χ2v) is 9.53. The standard InChI is InChI=1S/C17H20ClNO2S2/c1-13-6-11-17(22-13)16-5-3-2-4-12-19(16)23(20,21)15-9-7-14(18)8-10-15/h6-11,16H,2-5,12H2,1H3/t16-/m1/s1. The topological polar surface area (TPSA) is 37.4 Å². The van der Waals surface area contributed by atoms with Crippen LogP contribution in [0.2, 0.25) is 5.02 Å². The molecule has 0 N–H and O–H groups in total. The van der Waals surface area contributed by atoms with Crippen LogP contribution in [0.1, 0.15) is 41.5 Å². The fourth-order valence-electron chi connectivity index (χ4n) is 3.03. The molecule has 0 saturated carbocycles. The molecule has 0 bridgehead atoms. The molecule has 1 fully saturated rings. The first-order valence-electron chi connectivity index (χ1n) is 7.82. The number of rotatable bonds is 3. The van der Waals surface area contributed by atoms with E-state index in [0.29, 0.717) is 16.5 Å². The van der Waals surface area contributed by atoms with Gasteiger partial charge in [0.15, 0.2) is 0 Å². The summed E-state index contributed by atoms with van der Waals surface area (Å²) in [5.41, 5.74) is 0. The molecule has 1 saturated heterocycles. The van der Waals surface area contributed by atoms with E-state index < -0.39 is 10.0 Å². The van der Waals surface area contributed by atoms with Crippen molar-refractivity contribution in [3.05, 3.63) is 51.2 Å². The Kier molecular flexibility index (Phi) is 5.11. The van der Waals surface area contributed by atoms with E-state index in [0.717, 1.165) is 30.6 Å². The number of aryl methyl sites for hydroxylation is 1. The summed E-state index contributed by atoms with van der Waals surface area (Å²) < 4.78 is 27.9. The molecule has 2 aromatic rings. The molecule has 1 aromatic heterocycles. The lowest BCUT2D eigenvalue weighted by atomic mass is 10.1. The summed E-state index contributed by atoms with van der Waals surface area (Å²) in [6.45, 7) is 2.63. The lowest BCUT2D eigenvalue weighted by Gasteiger charge is -2.28. The van der Waals surface area contributed by atoms with E-state index in [1.54, 1.807) is 39.9 Å². The molecule has 0 spiro atoms. The molecule has 3 nitrogen and oxygen atoms in total. The molecule has 1 aromatic carbocycles. The predicted molar refractivity (Wildman–Crippen MR) is 95.6 cm³/mol. The summed E-state index contributed by atoms with van der Waals surface area (Å²) in [6, 6.07) is 10.5. The Morgan fingerprint density at radius 3 is 2.48 bits per heavy atom. The number of nitrogens with zero attached hydrogens (tertiary/aromatic N) is 1. The molecule has 23 heavy (non-hydrogen) atoms. The van der Waals surface area contributed by atoms with Crippen molar-refractivity contribution in [2.75, 3.05) is 6.54 Å². The molecule has 6 heteroatoms. The molecule has 1 aliphatic rings. The average molecular weight is 370 g/mol. The molecular formula is C17H20ClNO2S2. The fraction of sp³-hybridized carbons (Fsp3) is 0.412. The van der Waals surface area contributed by atoms with Gasteiger partial charge in [-0.25, -0.2) is 8.42 Å². The van der Waals surface area contributed by atoms with Gasteiger partial charge in [-0.2, -0.15) is 4.31 Å². The van der Waals surface area contributed by atoms with Gasteiger partial charge in [0.2, 0.25) is 10.0 Å². The zero-order valence-electron chi connectivity index (χ0n) is 13.0. The van der Waals surface area contributed by atoms with Crippen LogP contribution in [-0.4, -0.2) is 19.3 Å². The van der Waals surface area contributed by atoms with Gasteiger partial charge in [-0.3, -0.25) is 0 Å². The van der Waals surface area contributed by atoms with E-state index in [1.807, 2.05) is 0 Å². The monoisotopic (exact) mass is 369 g/mol. The first kappa shape index (κ1) is 17.0. The van der Waals surface area contributed by atoms with E-state index in [1.165, 1.54) is 4.88 Å². The van der Waals surface area contributed by atoms with Gasteiger partial charge >= 0.3 is 0 Å². The highest BCUT2D eigenvalue weighted by Gasteiger charge is 2.34. The average Bonchev–Trinajstić information content (AvgIpc) is 2.80. The van der Waals surface area contributed by atoms with E-state index in [2.05, 4.69) is 19.1 Å². The van der Waals surface area contributed by atoms with E-state index in [4.69, 9.17) is 11.6 Å². The van der Waals surface area contributed by atoms with Crippen LogP contribution in [0, 0.1) is 6.92 Å². The second-order valence-electron chi connectivity index (χ2n) is 5.88. The highest BCUT2D eigenvalue weighted by Crippen LogP contribution is 2.37. The van der Waals surface area contributed by atoms with Crippen LogP contribution in [0.3, 0.4) is 0 Å². The van der Waals surface area contributed by atoms with Crippen molar-refractivity contribution in [3.8, 4) is 0 Å². The van der Waals surface area contributed by atoms with Gasteiger partial charge in [0.25, 0.3) is 0 Å². The van der Waals surface area contributed by atoms with Crippen molar-refractivity contribution < 1.29 is 8.42 Å². The number of benzene rings is 1. The Bertz CT molecular complexity index is 768. The maximum Gasteiger partial charge on any atom is 0.243 e. The maximum absolute atomic E-state index is 13.1. The van der Waals surface area contributed by atoms with E-state index in [9.17, 15) is 8.42 Å². The Hall–Kier alpha value is -0.880. The van der Waals surface area contributed by atoms with Crippen LogP contribution in [0.15, 0.2) is 41.3 Å². The molecule has 0 aliphatic carbocycles. The number of halogens is 1. The van der Waals surface area contributed by atoms with Crippen LogP contribution in [0.25, 0.3) is 0 Å². The van der Waals surface area contributed by atoms with Gasteiger partial charge in [-0.05, 0) is 56.2 Å². The third-order valence-electron chi connectivity index (χ3n) is 4.21. The van der Waals surface area contributed by atoms with E-state index in [-0.39, 0.29) is 6.04 Å². The largest absolute Gasteiger partial charge is 0.243 e. The van der Waals surface area contributed by atoms with Gasteiger partial charge in [0.05, 0.1) is 10.9 Å². The van der Waals surface area contributed by atoms with Gasteiger partial charge in [-0.15, -0.1) is 11.3 Å². The van der Waals surface area contributed by atoms with Gasteiger partial charge < -0.3 is 0 Å². The number of thiophene rings is 1. The molecule has 2 heterocycles. The SMILES string of the molecule is Cc1ccc([C@H]2CCCCCN2S(=O)(=O)c2ccc(Cl)cc2)s1. The molecular weight excluding hydrogens is 350 g/mol. The summed E-state index contributed by atoms with van der Waals surface area (Å²) in [6.07, 6.45) is 3.93. The van der Waals surface area contributed by atoms with Crippen molar-refractivity contribution in [1.82, 2.24) is 4.31 Å². The summed E-state index contributed by atoms with van der Waals surface area (Å²) in [7, 11) is -3.51. The lowest BCUT2D eigenvalue weighted by Crippen LogP contribution is -2.34. The van der Waals surface area contributed by atoms with Gasteiger partial charge in [-0.1, -0.05) is 24.4 Å². The fourth-order valence-corrected chi connectivity index (χ4v) is 5.92. The van der Waals surface area contributed by atoms with Gasteiger partial charge in [0.1, 0.15) is 0 Å². The summed E-state index contributed by atoms with van der Waals surface area (Å²) in [4.78, 5) is 2.68. The first-order chi connectivity index (χ1) is 11.0. The van der Waals surface area contributed by atoms with Crippen molar-refractivity contribution in [2.45, 2.75) is 43.5 Å². The minimum atomic E-state index is -3.51. The van der Waals surface area contributed by atoms with Crippen LogP contribution in [0.4, 0.5) is 0 Å². The summed E-state index contributed by atoms with van der Waals surface area (Å²) in [5.74, 6) is 0. The van der Waals surface area contributed by atoms with Crippen LogP contribution in [0.5, 0.6) is 0 Å². The second kappa shape index (κ2) is 6.93.